The van der Waals surface area contributed by atoms with E-state index in [1.807, 2.05) is 6.20 Å². The first-order valence-electron chi connectivity index (χ1n) is 9.47. The molecule has 2 aliphatic heterocycles. The van der Waals surface area contributed by atoms with Gasteiger partial charge in [0.1, 0.15) is 5.82 Å². The molecule has 140 valence electrons. The van der Waals surface area contributed by atoms with Crippen molar-refractivity contribution in [3.05, 3.63) is 23.9 Å². The number of halogens is 1. The average molecular weight is 457 g/mol. The van der Waals surface area contributed by atoms with Crippen molar-refractivity contribution >= 4 is 35.8 Å². The molecule has 0 radical (unpaired) electrons. The third-order valence-corrected chi connectivity index (χ3v) is 5.27. The number of anilines is 1. The van der Waals surface area contributed by atoms with Crippen molar-refractivity contribution in [2.45, 2.75) is 52.0 Å². The summed E-state index contributed by atoms with van der Waals surface area (Å²) >= 11 is 0. The Hall–Kier alpha value is -1.05. The molecule has 0 atom stereocenters. The highest BCUT2D eigenvalue weighted by Crippen LogP contribution is 2.21. The van der Waals surface area contributed by atoms with Crippen LogP contribution in [0, 0.1) is 5.92 Å². The normalized spacial score (nSPS) is 20.1. The number of guanidine groups is 1. The van der Waals surface area contributed by atoms with Crippen LogP contribution in [-0.4, -0.2) is 42.0 Å². The second-order valence-electron chi connectivity index (χ2n) is 7.27. The Morgan fingerprint density at radius 2 is 1.80 bits per heavy atom. The summed E-state index contributed by atoms with van der Waals surface area (Å²) in [5, 5.41) is 0. The lowest BCUT2D eigenvalue weighted by Crippen LogP contribution is -2.38. The summed E-state index contributed by atoms with van der Waals surface area (Å²) in [7, 11) is 0. The molecule has 1 aromatic rings. The van der Waals surface area contributed by atoms with Gasteiger partial charge in [0.2, 0.25) is 0 Å². The minimum Gasteiger partial charge on any atom is -0.370 e. The van der Waals surface area contributed by atoms with Gasteiger partial charge in [-0.2, -0.15) is 0 Å². The molecule has 5 nitrogen and oxygen atoms in total. The lowest BCUT2D eigenvalue weighted by molar-refractivity contribution is 0.428. The van der Waals surface area contributed by atoms with Gasteiger partial charge in [0.25, 0.3) is 0 Å². The highest BCUT2D eigenvalue weighted by Gasteiger charge is 2.16. The topological polar surface area (TPSA) is 57.8 Å². The van der Waals surface area contributed by atoms with E-state index < -0.39 is 0 Å². The number of likely N-dealkylation sites (tertiary alicyclic amines) is 1. The van der Waals surface area contributed by atoms with Crippen molar-refractivity contribution in [2.24, 2.45) is 16.6 Å². The molecule has 0 aliphatic carbocycles. The van der Waals surface area contributed by atoms with E-state index in [9.17, 15) is 0 Å². The third-order valence-electron chi connectivity index (χ3n) is 5.27. The average Bonchev–Trinajstić information content (AvgIpc) is 2.90. The Kier molecular flexibility index (Phi) is 8.26. The lowest BCUT2D eigenvalue weighted by Gasteiger charge is -2.31. The maximum atomic E-state index is 6.17. The zero-order chi connectivity index (χ0) is 16.8. The Bertz CT molecular complexity index is 529. The molecule has 25 heavy (non-hydrogen) atoms. The van der Waals surface area contributed by atoms with Crippen LogP contribution in [-0.2, 0) is 6.54 Å². The molecular formula is C19H32IN5. The van der Waals surface area contributed by atoms with Crippen LogP contribution >= 0.6 is 24.0 Å². The van der Waals surface area contributed by atoms with Crippen LogP contribution in [0.2, 0.25) is 0 Å². The summed E-state index contributed by atoms with van der Waals surface area (Å²) < 4.78 is 0. The van der Waals surface area contributed by atoms with Crippen molar-refractivity contribution in [1.82, 2.24) is 9.88 Å². The van der Waals surface area contributed by atoms with Gasteiger partial charge in [-0.1, -0.05) is 25.8 Å². The number of hydrogen-bond donors (Lipinski definition) is 1. The predicted molar refractivity (Wildman–Crippen MR) is 116 cm³/mol. The monoisotopic (exact) mass is 457 g/mol. The van der Waals surface area contributed by atoms with Gasteiger partial charge < -0.3 is 15.5 Å². The fourth-order valence-corrected chi connectivity index (χ4v) is 3.51. The number of pyridine rings is 1. The Morgan fingerprint density at radius 3 is 2.40 bits per heavy atom. The molecule has 3 heterocycles. The number of aromatic nitrogens is 1. The molecule has 0 saturated carbocycles. The minimum atomic E-state index is 0. The van der Waals surface area contributed by atoms with E-state index in [4.69, 9.17) is 5.73 Å². The van der Waals surface area contributed by atoms with E-state index in [-0.39, 0.29) is 24.0 Å². The van der Waals surface area contributed by atoms with Gasteiger partial charge in [-0.25, -0.2) is 9.98 Å². The molecule has 3 rings (SSSR count). The van der Waals surface area contributed by atoms with Crippen LogP contribution in [0.5, 0.6) is 0 Å². The van der Waals surface area contributed by atoms with Crippen LogP contribution in [0.4, 0.5) is 5.82 Å². The standard InChI is InChI=1S/C19H31N5.HI/c1-16-8-12-23(13-9-16)18-7-6-17(14-21-18)15-22-19(20)24-10-4-2-3-5-11-24;/h6-7,14,16H,2-5,8-13,15H2,1H3,(H2,20,22);1H. The van der Waals surface area contributed by atoms with Gasteiger partial charge in [-0.15, -0.1) is 24.0 Å². The second-order valence-corrected chi connectivity index (χ2v) is 7.27. The lowest BCUT2D eigenvalue weighted by atomic mass is 9.99. The largest absolute Gasteiger partial charge is 0.370 e. The van der Waals surface area contributed by atoms with E-state index in [1.165, 1.54) is 38.5 Å². The minimum absolute atomic E-state index is 0. The molecule has 2 aliphatic rings. The number of hydrogen-bond acceptors (Lipinski definition) is 3. The molecule has 0 aromatic carbocycles. The summed E-state index contributed by atoms with van der Waals surface area (Å²) in [5.74, 6) is 2.62. The van der Waals surface area contributed by atoms with E-state index in [1.54, 1.807) is 0 Å². The summed E-state index contributed by atoms with van der Waals surface area (Å²) in [5.41, 5.74) is 7.30. The van der Waals surface area contributed by atoms with Crippen LogP contribution in [0.25, 0.3) is 0 Å². The molecule has 2 fully saturated rings. The number of aliphatic imine (C=N–C) groups is 1. The molecule has 0 bridgehead atoms. The molecule has 6 heteroatoms. The fraction of sp³-hybridized carbons (Fsp3) is 0.684. The summed E-state index contributed by atoms with van der Waals surface area (Å²) in [6, 6.07) is 4.27. The van der Waals surface area contributed by atoms with Crippen molar-refractivity contribution < 1.29 is 0 Å². The first-order chi connectivity index (χ1) is 11.7. The highest BCUT2D eigenvalue weighted by molar-refractivity contribution is 14.0. The first-order valence-corrected chi connectivity index (χ1v) is 9.47. The van der Waals surface area contributed by atoms with Gasteiger partial charge in [0, 0.05) is 32.4 Å². The maximum absolute atomic E-state index is 6.17. The van der Waals surface area contributed by atoms with Gasteiger partial charge >= 0.3 is 0 Å². The van der Waals surface area contributed by atoms with Gasteiger partial charge in [0.15, 0.2) is 5.96 Å². The second kappa shape index (κ2) is 10.2. The number of rotatable bonds is 3. The SMILES string of the molecule is CC1CCN(c2ccc(CN=C(N)N3CCCCCC3)cn2)CC1.I. The van der Waals surface area contributed by atoms with Crippen molar-refractivity contribution in [2.75, 3.05) is 31.1 Å². The fourth-order valence-electron chi connectivity index (χ4n) is 3.51. The summed E-state index contributed by atoms with van der Waals surface area (Å²) in [6.07, 6.45) is 9.55. The summed E-state index contributed by atoms with van der Waals surface area (Å²) in [6.45, 7) is 7.27. The first kappa shape index (κ1) is 20.3. The molecular weight excluding hydrogens is 425 g/mol. The number of piperidine rings is 1. The number of nitrogens with two attached hydrogens (primary N) is 1. The van der Waals surface area contributed by atoms with Crippen molar-refractivity contribution in [1.29, 1.82) is 0 Å². The summed E-state index contributed by atoms with van der Waals surface area (Å²) in [4.78, 5) is 13.8. The zero-order valence-corrected chi connectivity index (χ0v) is 17.7. The maximum Gasteiger partial charge on any atom is 0.191 e. The molecule has 0 spiro atoms. The molecule has 2 saturated heterocycles. The van der Waals surface area contributed by atoms with E-state index in [0.717, 1.165) is 43.5 Å². The van der Waals surface area contributed by atoms with Gasteiger partial charge in [-0.3, -0.25) is 0 Å². The Balaban J connectivity index is 0.00000225. The molecule has 2 N–H and O–H groups in total. The Morgan fingerprint density at radius 1 is 1.12 bits per heavy atom. The van der Waals surface area contributed by atoms with Crippen molar-refractivity contribution in [3.8, 4) is 0 Å². The smallest absolute Gasteiger partial charge is 0.191 e. The zero-order valence-electron chi connectivity index (χ0n) is 15.4. The van der Waals surface area contributed by atoms with Crippen LogP contribution in [0.3, 0.4) is 0 Å². The van der Waals surface area contributed by atoms with Gasteiger partial charge in [0.05, 0.1) is 6.54 Å². The van der Waals surface area contributed by atoms with E-state index in [2.05, 4.69) is 38.8 Å². The van der Waals surface area contributed by atoms with Crippen LogP contribution in [0.1, 0.15) is 51.0 Å². The highest BCUT2D eigenvalue weighted by atomic mass is 127. The van der Waals surface area contributed by atoms with Crippen LogP contribution < -0.4 is 10.6 Å². The van der Waals surface area contributed by atoms with E-state index >= 15 is 0 Å². The van der Waals surface area contributed by atoms with Gasteiger partial charge in [-0.05, 0) is 43.2 Å². The van der Waals surface area contributed by atoms with Crippen molar-refractivity contribution in [3.63, 3.8) is 0 Å². The quantitative estimate of drug-likeness (QED) is 0.428. The Labute approximate surface area is 169 Å². The predicted octanol–water partition coefficient (Wildman–Crippen LogP) is 3.63. The van der Waals surface area contributed by atoms with Crippen LogP contribution in [0.15, 0.2) is 23.3 Å². The number of nitrogens with zero attached hydrogens (tertiary/aromatic N) is 4. The van der Waals surface area contributed by atoms with E-state index in [0.29, 0.717) is 12.5 Å². The molecule has 1 aromatic heterocycles. The molecule has 0 unspecified atom stereocenters. The third kappa shape index (κ3) is 6.01. The molecule has 0 amide bonds.